The quantitative estimate of drug-likeness (QED) is 0.730. The van der Waals surface area contributed by atoms with Crippen molar-refractivity contribution in [2.24, 2.45) is 5.73 Å². The SMILES string of the molecule is CC1CCCN1CC1=C(C(=O)O)N2C(=O)C(N)[C@@H]2SC1.Cl. The van der Waals surface area contributed by atoms with Gasteiger partial charge in [0.25, 0.3) is 0 Å². The Kier molecular flexibility index (Phi) is 4.87. The minimum Gasteiger partial charge on any atom is -0.477 e. The van der Waals surface area contributed by atoms with Crippen molar-refractivity contribution in [2.45, 2.75) is 37.2 Å². The summed E-state index contributed by atoms with van der Waals surface area (Å²) in [7, 11) is 0. The lowest BCUT2D eigenvalue weighted by Gasteiger charge is -2.48. The van der Waals surface area contributed by atoms with E-state index in [4.69, 9.17) is 5.73 Å². The lowest BCUT2D eigenvalue weighted by atomic mass is 10.0. The number of carboxylic acids is 1. The van der Waals surface area contributed by atoms with E-state index in [-0.39, 0.29) is 29.4 Å². The molecule has 0 bridgehead atoms. The number of hydrogen-bond donors (Lipinski definition) is 2. The second-order valence-corrected chi connectivity index (χ2v) is 6.76. The first kappa shape index (κ1) is 16.6. The fourth-order valence-electron chi connectivity index (χ4n) is 3.17. The Bertz CT molecular complexity index is 499. The summed E-state index contributed by atoms with van der Waals surface area (Å²) in [6.07, 6.45) is 2.30. The Labute approximate surface area is 134 Å². The number of β-lactam (4-membered cyclic amide) rings is 1. The molecule has 2 fully saturated rings. The third-order valence-electron chi connectivity index (χ3n) is 4.38. The van der Waals surface area contributed by atoms with Gasteiger partial charge in [0, 0.05) is 18.3 Å². The van der Waals surface area contributed by atoms with Crippen LogP contribution in [-0.2, 0) is 9.59 Å². The van der Waals surface area contributed by atoms with E-state index in [1.54, 1.807) is 11.8 Å². The van der Waals surface area contributed by atoms with Crippen molar-refractivity contribution in [3.05, 3.63) is 11.3 Å². The Morgan fingerprint density at radius 3 is 2.81 bits per heavy atom. The first-order valence-corrected chi connectivity index (χ1v) is 7.95. The van der Waals surface area contributed by atoms with E-state index < -0.39 is 12.0 Å². The summed E-state index contributed by atoms with van der Waals surface area (Å²) in [6.45, 7) is 3.80. The molecule has 3 atom stereocenters. The molecule has 1 amide bonds. The van der Waals surface area contributed by atoms with Crippen LogP contribution in [-0.4, -0.2) is 63.1 Å². The highest BCUT2D eigenvalue weighted by Crippen LogP contribution is 2.39. The third kappa shape index (κ3) is 2.67. The van der Waals surface area contributed by atoms with Crippen LogP contribution in [0.1, 0.15) is 19.8 Å². The largest absolute Gasteiger partial charge is 0.477 e. The molecule has 0 spiro atoms. The number of nitrogens with two attached hydrogens (primary N) is 1. The summed E-state index contributed by atoms with van der Waals surface area (Å²) in [6, 6.07) is -0.0729. The molecule has 3 aliphatic rings. The first-order chi connectivity index (χ1) is 9.50. The van der Waals surface area contributed by atoms with Gasteiger partial charge < -0.3 is 10.8 Å². The van der Waals surface area contributed by atoms with Crippen LogP contribution in [0.5, 0.6) is 0 Å². The fraction of sp³-hybridized carbons (Fsp3) is 0.692. The molecule has 0 aliphatic carbocycles. The van der Waals surface area contributed by atoms with Gasteiger partial charge in [0.15, 0.2) is 0 Å². The number of thioether (sulfide) groups is 1. The Balaban J connectivity index is 0.00000161. The summed E-state index contributed by atoms with van der Waals surface area (Å²) in [5.41, 5.74) is 6.74. The van der Waals surface area contributed by atoms with Gasteiger partial charge in [0.1, 0.15) is 17.1 Å². The Hall–Kier alpha value is -0.760. The molecule has 2 unspecified atom stereocenters. The highest BCUT2D eigenvalue weighted by molar-refractivity contribution is 8.00. The maximum Gasteiger partial charge on any atom is 0.352 e. The molecule has 3 rings (SSSR count). The maximum absolute atomic E-state index is 11.8. The molecule has 2 saturated heterocycles. The zero-order valence-corrected chi connectivity index (χ0v) is 13.5. The van der Waals surface area contributed by atoms with Crippen LogP contribution in [0.25, 0.3) is 0 Å². The van der Waals surface area contributed by atoms with E-state index in [1.807, 2.05) is 0 Å². The number of carboxylic acid groups (broad SMARTS) is 1. The molecule has 6 nitrogen and oxygen atoms in total. The standard InChI is InChI=1S/C13H19N3O3S.ClH/c1-7-3-2-4-15(7)5-8-6-20-12-9(14)11(17)16(12)10(8)13(18)19;/h7,9,12H,2-6,14H2,1H3,(H,18,19);1H/t7?,9?,12-;/m0./s1. The summed E-state index contributed by atoms with van der Waals surface area (Å²) < 4.78 is 0. The Morgan fingerprint density at radius 2 is 2.24 bits per heavy atom. The van der Waals surface area contributed by atoms with E-state index in [2.05, 4.69) is 11.8 Å². The molecular weight excluding hydrogens is 314 g/mol. The molecule has 3 N–H and O–H groups in total. The van der Waals surface area contributed by atoms with E-state index >= 15 is 0 Å². The average Bonchev–Trinajstić information content (AvgIpc) is 2.82. The number of aliphatic carboxylic acids is 1. The molecular formula is C13H20ClN3O3S. The molecule has 0 aromatic rings. The molecule has 21 heavy (non-hydrogen) atoms. The normalized spacial score (nSPS) is 32.6. The predicted molar refractivity (Wildman–Crippen MR) is 83.2 cm³/mol. The zero-order valence-electron chi connectivity index (χ0n) is 11.8. The summed E-state index contributed by atoms with van der Waals surface area (Å²) in [4.78, 5) is 27.0. The van der Waals surface area contributed by atoms with Gasteiger partial charge >= 0.3 is 5.97 Å². The Morgan fingerprint density at radius 1 is 1.52 bits per heavy atom. The van der Waals surface area contributed by atoms with Gasteiger partial charge in [-0.2, -0.15) is 0 Å². The summed E-state index contributed by atoms with van der Waals surface area (Å²) in [5.74, 6) is -0.642. The minimum atomic E-state index is -1.02. The van der Waals surface area contributed by atoms with Crippen molar-refractivity contribution in [3.63, 3.8) is 0 Å². The monoisotopic (exact) mass is 333 g/mol. The van der Waals surface area contributed by atoms with Gasteiger partial charge in [-0.25, -0.2) is 4.79 Å². The number of carbonyl (C=O) groups is 2. The number of rotatable bonds is 3. The second-order valence-electron chi connectivity index (χ2n) is 5.65. The molecule has 0 saturated carbocycles. The number of halogens is 1. The summed E-state index contributed by atoms with van der Waals surface area (Å²) in [5, 5.41) is 9.25. The second kappa shape index (κ2) is 6.16. The summed E-state index contributed by atoms with van der Waals surface area (Å²) >= 11 is 1.57. The van der Waals surface area contributed by atoms with Gasteiger partial charge in [0.2, 0.25) is 5.91 Å². The number of carbonyl (C=O) groups excluding carboxylic acids is 1. The van der Waals surface area contributed by atoms with Crippen molar-refractivity contribution in [1.29, 1.82) is 0 Å². The molecule has 3 aliphatic heterocycles. The number of likely N-dealkylation sites (tertiary alicyclic amines) is 1. The highest BCUT2D eigenvalue weighted by Gasteiger charge is 2.51. The topological polar surface area (TPSA) is 86.9 Å². The lowest BCUT2D eigenvalue weighted by molar-refractivity contribution is -0.148. The molecule has 0 radical (unpaired) electrons. The van der Waals surface area contributed by atoms with Gasteiger partial charge in [0.05, 0.1) is 0 Å². The van der Waals surface area contributed by atoms with E-state index in [0.29, 0.717) is 18.3 Å². The van der Waals surface area contributed by atoms with E-state index in [0.717, 1.165) is 25.0 Å². The van der Waals surface area contributed by atoms with Gasteiger partial charge in [-0.3, -0.25) is 14.6 Å². The van der Waals surface area contributed by atoms with Crippen LogP contribution in [0.4, 0.5) is 0 Å². The van der Waals surface area contributed by atoms with E-state index in [9.17, 15) is 14.7 Å². The number of nitrogens with zero attached hydrogens (tertiary/aromatic N) is 2. The minimum absolute atomic E-state index is 0. The lowest BCUT2D eigenvalue weighted by Crippen LogP contribution is -2.68. The van der Waals surface area contributed by atoms with Crippen LogP contribution in [0.15, 0.2) is 11.3 Å². The zero-order chi connectivity index (χ0) is 14.4. The predicted octanol–water partition coefficient (Wildman–Crippen LogP) is 0.474. The molecule has 0 aromatic carbocycles. The van der Waals surface area contributed by atoms with Crippen molar-refractivity contribution >= 4 is 36.0 Å². The van der Waals surface area contributed by atoms with Gasteiger partial charge in [-0.05, 0) is 31.9 Å². The third-order valence-corrected chi connectivity index (χ3v) is 5.74. The van der Waals surface area contributed by atoms with Crippen molar-refractivity contribution < 1.29 is 14.7 Å². The van der Waals surface area contributed by atoms with Gasteiger partial charge in [-0.1, -0.05) is 0 Å². The van der Waals surface area contributed by atoms with Crippen LogP contribution < -0.4 is 5.73 Å². The van der Waals surface area contributed by atoms with Crippen LogP contribution in [0.2, 0.25) is 0 Å². The highest BCUT2D eigenvalue weighted by atomic mass is 35.5. The van der Waals surface area contributed by atoms with Gasteiger partial charge in [-0.15, -0.1) is 24.2 Å². The van der Waals surface area contributed by atoms with Crippen LogP contribution >= 0.6 is 24.2 Å². The number of amides is 1. The van der Waals surface area contributed by atoms with E-state index in [1.165, 1.54) is 4.90 Å². The first-order valence-electron chi connectivity index (χ1n) is 6.90. The smallest absolute Gasteiger partial charge is 0.352 e. The van der Waals surface area contributed by atoms with Crippen LogP contribution in [0, 0.1) is 0 Å². The molecule has 8 heteroatoms. The number of hydrogen-bond acceptors (Lipinski definition) is 5. The molecule has 0 aromatic heterocycles. The fourth-order valence-corrected chi connectivity index (χ4v) is 4.46. The average molecular weight is 334 g/mol. The molecule has 118 valence electrons. The maximum atomic E-state index is 11.8. The van der Waals surface area contributed by atoms with Crippen LogP contribution in [0.3, 0.4) is 0 Å². The number of fused-ring (bicyclic) bond motifs is 1. The van der Waals surface area contributed by atoms with Crippen molar-refractivity contribution in [1.82, 2.24) is 9.80 Å². The molecule has 3 heterocycles. The van der Waals surface area contributed by atoms with Crippen molar-refractivity contribution in [3.8, 4) is 0 Å². The van der Waals surface area contributed by atoms with Crippen molar-refractivity contribution in [2.75, 3.05) is 18.8 Å².